The quantitative estimate of drug-likeness (QED) is 0.777. The molecule has 6 heteroatoms. The Morgan fingerprint density at radius 2 is 2.27 bits per heavy atom. The number of carboxylic acids is 1. The molecule has 0 aliphatic carbocycles. The zero-order valence-corrected chi connectivity index (χ0v) is 7.95. The van der Waals surface area contributed by atoms with Crippen LogP contribution in [0.3, 0.4) is 0 Å². The number of carboxylic acid groups (broad SMARTS) is 1. The van der Waals surface area contributed by atoms with Crippen molar-refractivity contribution < 1.29 is 9.90 Å². The van der Waals surface area contributed by atoms with Gasteiger partial charge in [0.1, 0.15) is 0 Å². The van der Waals surface area contributed by atoms with Crippen LogP contribution in [-0.2, 0) is 0 Å². The van der Waals surface area contributed by atoms with Crippen molar-refractivity contribution in [2.45, 2.75) is 6.92 Å². The topological polar surface area (TPSA) is 80.9 Å². The maximum atomic E-state index is 10.7. The fourth-order valence-corrected chi connectivity index (χ4v) is 1.11. The lowest BCUT2D eigenvalue weighted by molar-refractivity contribution is 0.0690. The molecule has 0 bridgehead atoms. The number of aromatic nitrogens is 4. The second kappa shape index (κ2) is 3.49. The molecule has 0 fully saturated rings. The first kappa shape index (κ1) is 9.32. The Kier molecular flexibility index (Phi) is 2.17. The minimum absolute atomic E-state index is 0.0966. The molecule has 2 rings (SSSR count). The van der Waals surface area contributed by atoms with Crippen LogP contribution in [0.25, 0.3) is 5.82 Å². The highest BCUT2D eigenvalue weighted by molar-refractivity contribution is 5.85. The van der Waals surface area contributed by atoms with Crippen LogP contribution in [0.4, 0.5) is 0 Å². The molecule has 0 radical (unpaired) electrons. The van der Waals surface area contributed by atoms with Gasteiger partial charge in [0.2, 0.25) is 0 Å². The fourth-order valence-electron chi connectivity index (χ4n) is 1.11. The van der Waals surface area contributed by atoms with Gasteiger partial charge in [-0.2, -0.15) is 5.10 Å². The van der Waals surface area contributed by atoms with Gasteiger partial charge in [0.15, 0.2) is 11.5 Å². The van der Waals surface area contributed by atoms with Crippen LogP contribution in [0.1, 0.15) is 16.2 Å². The summed E-state index contributed by atoms with van der Waals surface area (Å²) < 4.78 is 1.48. The zero-order valence-electron chi connectivity index (χ0n) is 7.95. The van der Waals surface area contributed by atoms with Gasteiger partial charge < -0.3 is 5.11 Å². The van der Waals surface area contributed by atoms with E-state index in [0.29, 0.717) is 5.82 Å². The van der Waals surface area contributed by atoms with Crippen LogP contribution in [-0.4, -0.2) is 30.8 Å². The summed E-state index contributed by atoms with van der Waals surface area (Å²) in [5.74, 6) is -0.712. The summed E-state index contributed by atoms with van der Waals surface area (Å²) in [6.45, 7) is 1.84. The van der Waals surface area contributed by atoms with Gasteiger partial charge in [-0.25, -0.2) is 14.5 Å². The molecular formula is C9H8N4O2. The molecule has 0 amide bonds. The number of carbonyl (C=O) groups is 1. The average Bonchev–Trinajstić information content (AvgIpc) is 2.65. The first-order valence-electron chi connectivity index (χ1n) is 4.25. The number of rotatable bonds is 2. The monoisotopic (exact) mass is 204 g/mol. The molecule has 6 nitrogen and oxygen atoms in total. The Hall–Kier alpha value is -2.24. The van der Waals surface area contributed by atoms with E-state index in [1.807, 2.05) is 6.92 Å². The number of hydrogen-bond acceptors (Lipinski definition) is 4. The summed E-state index contributed by atoms with van der Waals surface area (Å²) in [5, 5.41) is 12.8. The second-order valence-electron chi connectivity index (χ2n) is 2.97. The third kappa shape index (κ3) is 1.83. The van der Waals surface area contributed by atoms with Crippen molar-refractivity contribution in [3.05, 3.63) is 36.0 Å². The Labute approximate surface area is 85.2 Å². The van der Waals surface area contributed by atoms with E-state index in [0.717, 1.165) is 5.69 Å². The predicted octanol–water partition coefficient (Wildman–Crippen LogP) is 0.669. The third-order valence-corrected chi connectivity index (χ3v) is 1.80. The highest BCUT2D eigenvalue weighted by Crippen LogP contribution is 2.03. The van der Waals surface area contributed by atoms with E-state index in [4.69, 9.17) is 5.11 Å². The Morgan fingerprint density at radius 3 is 2.87 bits per heavy atom. The van der Waals surface area contributed by atoms with Gasteiger partial charge in [-0.15, -0.1) is 0 Å². The van der Waals surface area contributed by atoms with E-state index in [-0.39, 0.29) is 5.69 Å². The summed E-state index contributed by atoms with van der Waals surface area (Å²) in [6, 6.07) is 1.80. The average molecular weight is 204 g/mol. The summed E-state index contributed by atoms with van der Waals surface area (Å²) in [5.41, 5.74) is 0.734. The Morgan fingerprint density at radius 1 is 1.47 bits per heavy atom. The SMILES string of the molecule is Cc1ccn(-c2cncc(C(=O)O)n2)n1. The molecule has 0 saturated heterocycles. The smallest absolute Gasteiger partial charge is 0.356 e. The van der Waals surface area contributed by atoms with Crippen molar-refractivity contribution in [3.8, 4) is 5.82 Å². The van der Waals surface area contributed by atoms with Gasteiger partial charge in [-0.3, -0.25) is 4.98 Å². The van der Waals surface area contributed by atoms with Gasteiger partial charge in [0.25, 0.3) is 0 Å². The third-order valence-electron chi connectivity index (χ3n) is 1.80. The highest BCUT2D eigenvalue weighted by atomic mass is 16.4. The van der Waals surface area contributed by atoms with Gasteiger partial charge in [-0.1, -0.05) is 0 Å². The van der Waals surface area contributed by atoms with Crippen molar-refractivity contribution in [3.63, 3.8) is 0 Å². The van der Waals surface area contributed by atoms with Crippen molar-refractivity contribution in [2.24, 2.45) is 0 Å². The lowest BCUT2D eigenvalue weighted by atomic mass is 10.4. The zero-order chi connectivity index (χ0) is 10.8. The highest BCUT2D eigenvalue weighted by Gasteiger charge is 2.07. The summed E-state index contributed by atoms with van der Waals surface area (Å²) in [4.78, 5) is 18.3. The minimum Gasteiger partial charge on any atom is -0.476 e. The molecule has 0 aliphatic rings. The molecule has 1 N–H and O–H groups in total. The van der Waals surface area contributed by atoms with Gasteiger partial charge in [0, 0.05) is 6.20 Å². The van der Waals surface area contributed by atoms with Crippen LogP contribution in [0.5, 0.6) is 0 Å². The molecule has 2 aromatic rings. The Bertz CT molecular complexity index is 506. The number of nitrogens with zero attached hydrogens (tertiary/aromatic N) is 4. The molecule has 0 aliphatic heterocycles. The molecule has 0 aromatic carbocycles. The fraction of sp³-hybridized carbons (Fsp3) is 0.111. The standard InChI is InChI=1S/C9H8N4O2/c1-6-2-3-13(12-6)8-5-10-4-7(11-8)9(14)15/h2-5H,1H3,(H,14,15). The van der Waals surface area contributed by atoms with E-state index in [1.165, 1.54) is 17.1 Å². The molecule has 0 saturated carbocycles. The van der Waals surface area contributed by atoms with E-state index in [1.54, 1.807) is 12.3 Å². The summed E-state index contributed by atoms with van der Waals surface area (Å²) >= 11 is 0. The van der Waals surface area contributed by atoms with Crippen LogP contribution in [0, 0.1) is 6.92 Å². The van der Waals surface area contributed by atoms with Crippen LogP contribution in [0.15, 0.2) is 24.7 Å². The van der Waals surface area contributed by atoms with E-state index < -0.39 is 5.97 Å². The number of aryl methyl sites for hydroxylation is 1. The molecule has 2 heterocycles. The molecular weight excluding hydrogens is 196 g/mol. The van der Waals surface area contributed by atoms with Crippen molar-refractivity contribution >= 4 is 5.97 Å². The van der Waals surface area contributed by atoms with Gasteiger partial charge in [0.05, 0.1) is 18.1 Å². The molecule has 76 valence electrons. The van der Waals surface area contributed by atoms with Crippen LogP contribution >= 0.6 is 0 Å². The minimum atomic E-state index is -1.10. The molecule has 2 aromatic heterocycles. The first-order valence-corrected chi connectivity index (χ1v) is 4.25. The maximum Gasteiger partial charge on any atom is 0.356 e. The first-order chi connectivity index (χ1) is 7.16. The van der Waals surface area contributed by atoms with Gasteiger partial charge >= 0.3 is 5.97 Å². The summed E-state index contributed by atoms with van der Waals surface area (Å²) in [7, 11) is 0. The van der Waals surface area contributed by atoms with E-state index >= 15 is 0 Å². The van der Waals surface area contributed by atoms with E-state index in [9.17, 15) is 4.79 Å². The van der Waals surface area contributed by atoms with Crippen LogP contribution < -0.4 is 0 Å². The lowest BCUT2D eigenvalue weighted by Gasteiger charge is -1.99. The van der Waals surface area contributed by atoms with E-state index in [2.05, 4.69) is 15.1 Å². The molecule has 0 spiro atoms. The molecule has 0 unspecified atom stereocenters. The number of hydrogen-bond donors (Lipinski definition) is 1. The second-order valence-corrected chi connectivity index (χ2v) is 2.97. The van der Waals surface area contributed by atoms with Crippen molar-refractivity contribution in [2.75, 3.05) is 0 Å². The van der Waals surface area contributed by atoms with Crippen molar-refractivity contribution in [1.29, 1.82) is 0 Å². The maximum absolute atomic E-state index is 10.7. The normalized spacial score (nSPS) is 10.2. The number of aromatic carboxylic acids is 1. The summed E-state index contributed by atoms with van der Waals surface area (Å²) in [6.07, 6.45) is 4.35. The largest absolute Gasteiger partial charge is 0.476 e. The van der Waals surface area contributed by atoms with Crippen molar-refractivity contribution in [1.82, 2.24) is 19.7 Å². The Balaban J connectivity index is 2.45. The van der Waals surface area contributed by atoms with Crippen LogP contribution in [0.2, 0.25) is 0 Å². The van der Waals surface area contributed by atoms with Gasteiger partial charge in [-0.05, 0) is 13.0 Å². The predicted molar refractivity (Wildman–Crippen MR) is 50.9 cm³/mol. The molecule has 15 heavy (non-hydrogen) atoms. The lowest BCUT2D eigenvalue weighted by Crippen LogP contribution is -2.06. The molecule has 0 atom stereocenters.